The Balaban J connectivity index is 1.93. The van der Waals surface area contributed by atoms with Crippen molar-refractivity contribution in [2.45, 2.75) is 26.8 Å². The summed E-state index contributed by atoms with van der Waals surface area (Å²) in [4.78, 5) is 11.9. The van der Waals surface area contributed by atoms with E-state index in [2.05, 4.69) is 15.8 Å². The fraction of sp³-hybridized carbons (Fsp3) is 0.238. The van der Waals surface area contributed by atoms with Crippen molar-refractivity contribution in [3.63, 3.8) is 0 Å². The Hall–Kier alpha value is -3.68. The molecule has 0 aliphatic heterocycles. The highest BCUT2D eigenvalue weighted by Gasteiger charge is 2.21. The first-order valence-corrected chi connectivity index (χ1v) is 9.23. The molecule has 0 saturated carbocycles. The van der Waals surface area contributed by atoms with Gasteiger partial charge in [-0.05, 0) is 45.0 Å². The van der Waals surface area contributed by atoms with Crippen molar-refractivity contribution in [3.05, 3.63) is 48.2 Å². The summed E-state index contributed by atoms with van der Waals surface area (Å²) in [6, 6.07) is 11.4. The molecular formula is C21H23N3O5. The summed E-state index contributed by atoms with van der Waals surface area (Å²) in [5.74, 6) is -0.0486. The molecule has 152 valence electrons. The van der Waals surface area contributed by atoms with Crippen LogP contribution in [0.3, 0.4) is 0 Å². The summed E-state index contributed by atoms with van der Waals surface area (Å²) in [6.07, 6.45) is 0. The summed E-state index contributed by atoms with van der Waals surface area (Å²) in [5.41, 5.74) is 1.19. The number of phenols is 2. The minimum absolute atomic E-state index is 0.0735. The second-order valence-corrected chi connectivity index (χ2v) is 6.70. The number of aromatic hydroxyl groups is 2. The molecule has 2 aromatic carbocycles. The number of rotatable bonds is 7. The van der Waals surface area contributed by atoms with Gasteiger partial charge in [0.05, 0.1) is 0 Å². The molecule has 0 radical (unpaired) electrons. The highest BCUT2D eigenvalue weighted by Crippen LogP contribution is 2.43. The van der Waals surface area contributed by atoms with Gasteiger partial charge in [0.2, 0.25) is 0 Å². The molecule has 0 unspecified atom stereocenters. The van der Waals surface area contributed by atoms with Crippen LogP contribution in [-0.2, 0) is 0 Å². The van der Waals surface area contributed by atoms with Gasteiger partial charge in [-0.25, -0.2) is 0 Å². The summed E-state index contributed by atoms with van der Waals surface area (Å²) in [6.45, 7) is 6.32. The smallest absolute Gasteiger partial charge is 0.273 e. The Labute approximate surface area is 168 Å². The monoisotopic (exact) mass is 397 g/mol. The molecule has 8 nitrogen and oxygen atoms in total. The maximum Gasteiger partial charge on any atom is 0.273 e. The molecular weight excluding hydrogens is 374 g/mol. The van der Waals surface area contributed by atoms with E-state index < -0.39 is 5.91 Å². The second-order valence-electron chi connectivity index (χ2n) is 6.70. The molecule has 1 aromatic heterocycles. The first kappa shape index (κ1) is 20.1. The first-order valence-electron chi connectivity index (χ1n) is 9.23. The highest BCUT2D eigenvalue weighted by molar-refractivity contribution is 5.93. The lowest BCUT2D eigenvalue weighted by molar-refractivity contribution is 0.0947. The molecule has 3 aromatic rings. The molecule has 0 aliphatic carbocycles. The Morgan fingerprint density at radius 2 is 1.90 bits per heavy atom. The van der Waals surface area contributed by atoms with Gasteiger partial charge in [-0.3, -0.25) is 4.79 Å². The molecule has 0 spiro atoms. The molecule has 8 heteroatoms. The number of hydrogen-bond donors (Lipinski definition) is 4. The van der Waals surface area contributed by atoms with Crippen molar-refractivity contribution in [1.29, 1.82) is 0 Å². The van der Waals surface area contributed by atoms with Crippen molar-refractivity contribution in [3.8, 4) is 34.3 Å². The second kappa shape index (κ2) is 8.55. The number of carbonyl (C=O) groups is 1. The van der Waals surface area contributed by atoms with E-state index in [0.717, 1.165) is 11.8 Å². The molecule has 0 bridgehead atoms. The highest BCUT2D eigenvalue weighted by atomic mass is 16.5. The standard InChI is InChI=1S/C21H23N3O5/c1-4-22-21(27)16-11-19(29-24-16)20-17(26)9-14(25)10-18(20)28-15-7-5-13(6-8-15)23-12(2)3/h5-12,23,25-26H,4H2,1-3H3,(H,22,27). The van der Waals surface area contributed by atoms with E-state index in [1.165, 1.54) is 12.1 Å². The van der Waals surface area contributed by atoms with E-state index in [1.807, 2.05) is 26.0 Å². The van der Waals surface area contributed by atoms with Gasteiger partial charge in [0.25, 0.3) is 5.91 Å². The fourth-order valence-electron chi connectivity index (χ4n) is 2.75. The lowest BCUT2D eigenvalue weighted by Crippen LogP contribution is -2.22. The molecule has 0 atom stereocenters. The molecule has 4 N–H and O–H groups in total. The maximum absolute atomic E-state index is 11.9. The van der Waals surface area contributed by atoms with Crippen LogP contribution in [0, 0.1) is 0 Å². The summed E-state index contributed by atoms with van der Waals surface area (Å²) >= 11 is 0. The number of nitrogens with one attached hydrogen (secondary N) is 2. The van der Waals surface area contributed by atoms with Gasteiger partial charge in [-0.2, -0.15) is 0 Å². The fourth-order valence-corrected chi connectivity index (χ4v) is 2.75. The van der Waals surface area contributed by atoms with E-state index in [0.29, 0.717) is 18.3 Å². The largest absolute Gasteiger partial charge is 0.508 e. The Morgan fingerprint density at radius 1 is 1.17 bits per heavy atom. The van der Waals surface area contributed by atoms with Crippen LogP contribution in [0.15, 0.2) is 47.0 Å². The van der Waals surface area contributed by atoms with Gasteiger partial charge in [-0.1, -0.05) is 5.16 Å². The maximum atomic E-state index is 11.9. The van der Waals surface area contributed by atoms with Crippen LogP contribution in [0.4, 0.5) is 5.69 Å². The van der Waals surface area contributed by atoms with Crippen LogP contribution < -0.4 is 15.4 Å². The number of carbonyl (C=O) groups excluding carboxylic acids is 1. The van der Waals surface area contributed by atoms with Crippen LogP contribution in [0.5, 0.6) is 23.0 Å². The SMILES string of the molecule is CCNC(=O)c1cc(-c2c(O)cc(O)cc2Oc2ccc(NC(C)C)cc2)on1. The number of aromatic nitrogens is 1. The predicted molar refractivity (Wildman–Crippen MR) is 109 cm³/mol. The molecule has 0 saturated heterocycles. The van der Waals surface area contributed by atoms with Gasteiger partial charge in [0.1, 0.15) is 28.6 Å². The van der Waals surface area contributed by atoms with Crippen molar-refractivity contribution >= 4 is 11.6 Å². The number of hydrogen-bond acceptors (Lipinski definition) is 7. The van der Waals surface area contributed by atoms with Gasteiger partial charge in [0, 0.05) is 36.5 Å². The van der Waals surface area contributed by atoms with Crippen molar-refractivity contribution in [2.75, 3.05) is 11.9 Å². The Morgan fingerprint density at radius 3 is 2.55 bits per heavy atom. The first-order chi connectivity index (χ1) is 13.9. The van der Waals surface area contributed by atoms with E-state index >= 15 is 0 Å². The van der Waals surface area contributed by atoms with Gasteiger partial charge in [-0.15, -0.1) is 0 Å². The van der Waals surface area contributed by atoms with Gasteiger partial charge < -0.3 is 30.1 Å². The van der Waals surface area contributed by atoms with Gasteiger partial charge >= 0.3 is 0 Å². The summed E-state index contributed by atoms with van der Waals surface area (Å²) < 4.78 is 11.1. The van der Waals surface area contributed by atoms with E-state index in [-0.39, 0.29) is 34.3 Å². The lowest BCUT2D eigenvalue weighted by Gasteiger charge is -2.13. The zero-order valence-corrected chi connectivity index (χ0v) is 16.4. The molecule has 3 rings (SSSR count). The number of phenolic OH excluding ortho intramolecular Hbond substituents is 2. The minimum atomic E-state index is -0.392. The normalized spacial score (nSPS) is 10.8. The van der Waals surface area contributed by atoms with Crippen molar-refractivity contribution in [2.24, 2.45) is 0 Å². The third-order valence-electron chi connectivity index (χ3n) is 3.93. The molecule has 29 heavy (non-hydrogen) atoms. The van der Waals surface area contributed by atoms with Crippen LogP contribution in [0.1, 0.15) is 31.3 Å². The number of ether oxygens (including phenoxy) is 1. The Bertz CT molecular complexity index is 996. The van der Waals surface area contributed by atoms with E-state index in [1.54, 1.807) is 19.1 Å². The van der Waals surface area contributed by atoms with Crippen molar-refractivity contribution < 1.29 is 24.3 Å². The third-order valence-corrected chi connectivity index (χ3v) is 3.93. The molecule has 1 amide bonds. The zero-order valence-electron chi connectivity index (χ0n) is 16.4. The molecule has 0 aliphatic rings. The van der Waals surface area contributed by atoms with Crippen molar-refractivity contribution in [1.82, 2.24) is 10.5 Å². The zero-order chi connectivity index (χ0) is 21.0. The minimum Gasteiger partial charge on any atom is -0.508 e. The van der Waals surface area contributed by atoms with Crippen LogP contribution in [-0.4, -0.2) is 33.9 Å². The summed E-state index contributed by atoms with van der Waals surface area (Å²) in [7, 11) is 0. The predicted octanol–water partition coefficient (Wildman–Crippen LogP) is 4.12. The lowest BCUT2D eigenvalue weighted by atomic mass is 10.1. The topological polar surface area (TPSA) is 117 Å². The quantitative estimate of drug-likeness (QED) is 0.474. The average molecular weight is 397 g/mol. The van der Waals surface area contributed by atoms with Crippen LogP contribution >= 0.6 is 0 Å². The van der Waals surface area contributed by atoms with Gasteiger partial charge in [0.15, 0.2) is 11.5 Å². The Kier molecular flexibility index (Phi) is 5.92. The number of anilines is 1. The summed E-state index contributed by atoms with van der Waals surface area (Å²) in [5, 5.41) is 29.9. The number of amides is 1. The average Bonchev–Trinajstić information content (AvgIpc) is 3.12. The van der Waals surface area contributed by atoms with Crippen LogP contribution in [0.25, 0.3) is 11.3 Å². The van der Waals surface area contributed by atoms with Crippen LogP contribution in [0.2, 0.25) is 0 Å². The third kappa shape index (κ3) is 4.78. The molecule has 1 heterocycles. The number of benzene rings is 2. The number of nitrogens with zero attached hydrogens (tertiary/aromatic N) is 1. The van der Waals surface area contributed by atoms with E-state index in [9.17, 15) is 15.0 Å². The van der Waals surface area contributed by atoms with E-state index in [4.69, 9.17) is 9.26 Å². The molecule has 0 fully saturated rings.